The minimum atomic E-state index is -0.186. The first-order valence-electron chi connectivity index (χ1n) is 8.71. The number of halogens is 2. The molecule has 0 bridgehead atoms. The number of carbonyl (C=O) groups is 1. The van der Waals surface area contributed by atoms with E-state index in [2.05, 4.69) is 29.5 Å². The molecule has 1 aromatic carbocycles. The smallest absolute Gasteiger partial charge is 0.280 e. The van der Waals surface area contributed by atoms with Gasteiger partial charge in [-0.3, -0.25) is 4.79 Å². The Morgan fingerprint density at radius 3 is 2.77 bits per heavy atom. The number of benzene rings is 1. The van der Waals surface area contributed by atoms with Gasteiger partial charge in [0.15, 0.2) is 5.69 Å². The number of aromatic nitrogens is 3. The Morgan fingerprint density at radius 2 is 2.04 bits per heavy atom. The summed E-state index contributed by atoms with van der Waals surface area (Å²) in [5.41, 5.74) is 2.10. The topological polar surface area (TPSA) is 63.1 Å². The minimum absolute atomic E-state index is 0. The average Bonchev–Trinajstić information content (AvgIpc) is 3.19. The van der Waals surface area contributed by atoms with E-state index in [4.69, 9.17) is 11.6 Å². The SMILES string of the molecule is CC1(C)CN(C(=O)c2cn(C3CCNCC3)nn2)c2cccc(Cl)c21.Cl. The van der Waals surface area contributed by atoms with E-state index in [1.807, 2.05) is 22.9 Å². The van der Waals surface area contributed by atoms with Gasteiger partial charge in [-0.2, -0.15) is 0 Å². The van der Waals surface area contributed by atoms with Gasteiger partial charge in [0.2, 0.25) is 0 Å². The molecule has 0 unspecified atom stereocenters. The van der Waals surface area contributed by atoms with E-state index in [9.17, 15) is 4.79 Å². The number of hydrogen-bond acceptors (Lipinski definition) is 4. The minimum Gasteiger partial charge on any atom is -0.317 e. The van der Waals surface area contributed by atoms with Gasteiger partial charge in [0.1, 0.15) is 0 Å². The molecule has 1 saturated heterocycles. The van der Waals surface area contributed by atoms with E-state index in [0.29, 0.717) is 23.3 Å². The lowest BCUT2D eigenvalue weighted by atomic mass is 9.87. The van der Waals surface area contributed by atoms with E-state index >= 15 is 0 Å². The van der Waals surface area contributed by atoms with Crippen LogP contribution in [0.1, 0.15) is 48.8 Å². The number of nitrogens with zero attached hydrogens (tertiary/aromatic N) is 4. The van der Waals surface area contributed by atoms with Crippen molar-refractivity contribution in [1.29, 1.82) is 0 Å². The summed E-state index contributed by atoms with van der Waals surface area (Å²) in [5, 5.41) is 12.4. The first-order valence-corrected chi connectivity index (χ1v) is 9.08. The molecule has 0 radical (unpaired) electrons. The summed E-state index contributed by atoms with van der Waals surface area (Å²) in [6.07, 6.45) is 3.80. The van der Waals surface area contributed by atoms with Crippen molar-refractivity contribution in [3.05, 3.63) is 40.7 Å². The van der Waals surface area contributed by atoms with Gasteiger partial charge in [-0.1, -0.05) is 36.7 Å². The molecule has 2 aliphatic heterocycles. The van der Waals surface area contributed by atoms with E-state index < -0.39 is 0 Å². The van der Waals surface area contributed by atoms with E-state index in [-0.39, 0.29) is 23.7 Å². The van der Waals surface area contributed by atoms with Crippen LogP contribution in [-0.2, 0) is 5.41 Å². The second-order valence-corrected chi connectivity index (χ2v) is 7.88. The molecular weight excluding hydrogens is 373 g/mol. The van der Waals surface area contributed by atoms with Crippen molar-refractivity contribution in [1.82, 2.24) is 20.3 Å². The average molecular weight is 396 g/mol. The third-order valence-corrected chi connectivity index (χ3v) is 5.48. The summed E-state index contributed by atoms with van der Waals surface area (Å²) in [6.45, 7) is 6.75. The molecule has 26 heavy (non-hydrogen) atoms. The molecule has 0 aliphatic carbocycles. The lowest BCUT2D eigenvalue weighted by Gasteiger charge is -2.22. The fourth-order valence-electron chi connectivity index (χ4n) is 3.91. The summed E-state index contributed by atoms with van der Waals surface area (Å²) in [6, 6.07) is 6.02. The second kappa shape index (κ2) is 7.18. The highest BCUT2D eigenvalue weighted by Gasteiger charge is 2.40. The fraction of sp³-hybridized carbons (Fsp3) is 0.500. The number of piperidine rings is 1. The van der Waals surface area contributed by atoms with Crippen molar-refractivity contribution in [2.75, 3.05) is 24.5 Å². The van der Waals surface area contributed by atoms with E-state index in [0.717, 1.165) is 37.2 Å². The Morgan fingerprint density at radius 1 is 1.31 bits per heavy atom. The van der Waals surface area contributed by atoms with Crippen LogP contribution in [0.25, 0.3) is 0 Å². The van der Waals surface area contributed by atoms with Crippen LogP contribution in [0.3, 0.4) is 0 Å². The van der Waals surface area contributed by atoms with Crippen molar-refractivity contribution in [2.24, 2.45) is 0 Å². The van der Waals surface area contributed by atoms with Gasteiger partial charge in [-0.05, 0) is 38.1 Å². The van der Waals surface area contributed by atoms with Crippen LogP contribution in [0.2, 0.25) is 5.02 Å². The zero-order valence-electron chi connectivity index (χ0n) is 14.9. The van der Waals surface area contributed by atoms with E-state index in [1.54, 1.807) is 11.1 Å². The number of hydrogen-bond donors (Lipinski definition) is 1. The number of rotatable bonds is 2. The van der Waals surface area contributed by atoms with Crippen molar-refractivity contribution < 1.29 is 4.79 Å². The zero-order valence-corrected chi connectivity index (χ0v) is 16.5. The largest absolute Gasteiger partial charge is 0.317 e. The predicted octanol–water partition coefficient (Wildman–Crippen LogP) is 3.22. The molecule has 0 saturated carbocycles. The van der Waals surface area contributed by atoms with Crippen LogP contribution < -0.4 is 10.2 Å². The third-order valence-electron chi connectivity index (χ3n) is 5.17. The molecule has 4 rings (SSSR count). The molecule has 0 spiro atoms. The first-order chi connectivity index (χ1) is 12.0. The number of nitrogens with one attached hydrogen (secondary N) is 1. The number of carbonyl (C=O) groups excluding carboxylic acids is 1. The van der Waals surface area contributed by atoms with Crippen LogP contribution in [0, 0.1) is 0 Å². The summed E-state index contributed by atoms with van der Waals surface area (Å²) < 4.78 is 1.84. The van der Waals surface area contributed by atoms with Crippen molar-refractivity contribution in [3.63, 3.8) is 0 Å². The number of fused-ring (bicyclic) bond motifs is 1. The molecule has 3 heterocycles. The normalized spacial score (nSPS) is 19.1. The lowest BCUT2D eigenvalue weighted by molar-refractivity contribution is 0.0981. The Balaban J connectivity index is 0.00000196. The fourth-order valence-corrected chi connectivity index (χ4v) is 4.34. The Bertz CT molecular complexity index is 814. The van der Waals surface area contributed by atoms with Gasteiger partial charge >= 0.3 is 0 Å². The van der Waals surface area contributed by atoms with Gasteiger partial charge < -0.3 is 10.2 Å². The highest BCUT2D eigenvalue weighted by Crippen LogP contribution is 2.44. The predicted molar refractivity (Wildman–Crippen MR) is 105 cm³/mol. The summed E-state index contributed by atoms with van der Waals surface area (Å²) in [7, 11) is 0. The van der Waals surface area contributed by atoms with Crippen molar-refractivity contribution in [2.45, 2.75) is 38.1 Å². The molecule has 1 aromatic heterocycles. The second-order valence-electron chi connectivity index (χ2n) is 7.47. The first kappa shape index (κ1) is 19.1. The molecule has 1 N–H and O–H groups in total. The number of anilines is 1. The van der Waals surface area contributed by atoms with Crippen molar-refractivity contribution >= 4 is 35.6 Å². The lowest BCUT2D eigenvalue weighted by Crippen LogP contribution is -2.34. The van der Waals surface area contributed by atoms with Crippen LogP contribution in [0.4, 0.5) is 5.69 Å². The monoisotopic (exact) mass is 395 g/mol. The van der Waals surface area contributed by atoms with Gasteiger partial charge in [-0.25, -0.2) is 4.68 Å². The van der Waals surface area contributed by atoms with E-state index in [1.165, 1.54) is 0 Å². The molecule has 1 fully saturated rings. The molecule has 6 nitrogen and oxygen atoms in total. The number of amides is 1. The standard InChI is InChI=1S/C18H22ClN5O.ClH/c1-18(2)11-23(15-5-3-4-13(19)16(15)18)17(25)14-10-24(22-21-14)12-6-8-20-9-7-12;/h3-5,10,12,20H,6-9,11H2,1-2H3;1H. The Labute approximate surface area is 164 Å². The van der Waals surface area contributed by atoms with Gasteiger partial charge in [0.05, 0.1) is 12.2 Å². The summed E-state index contributed by atoms with van der Waals surface area (Å²) in [5.74, 6) is -0.116. The molecule has 140 valence electrons. The molecule has 1 amide bonds. The van der Waals surface area contributed by atoms with Gasteiger partial charge in [0, 0.05) is 28.2 Å². The quantitative estimate of drug-likeness (QED) is 0.847. The maximum atomic E-state index is 13.1. The summed E-state index contributed by atoms with van der Waals surface area (Å²) in [4.78, 5) is 14.8. The highest BCUT2D eigenvalue weighted by molar-refractivity contribution is 6.32. The Hall–Kier alpha value is -1.63. The van der Waals surface area contributed by atoms with Crippen molar-refractivity contribution in [3.8, 4) is 0 Å². The third kappa shape index (κ3) is 3.21. The maximum absolute atomic E-state index is 13.1. The van der Waals surface area contributed by atoms with Crippen LogP contribution in [0.15, 0.2) is 24.4 Å². The molecular formula is C18H23Cl2N5O. The highest BCUT2D eigenvalue weighted by atomic mass is 35.5. The summed E-state index contributed by atoms with van der Waals surface area (Å²) >= 11 is 6.40. The molecule has 2 aromatic rings. The zero-order chi connectivity index (χ0) is 17.6. The molecule has 2 aliphatic rings. The molecule has 0 atom stereocenters. The Kier molecular flexibility index (Phi) is 5.28. The van der Waals surface area contributed by atoms with Gasteiger partial charge in [-0.15, -0.1) is 17.5 Å². The molecule has 8 heteroatoms. The maximum Gasteiger partial charge on any atom is 0.280 e. The van der Waals surface area contributed by atoms with Gasteiger partial charge in [0.25, 0.3) is 5.91 Å². The van der Waals surface area contributed by atoms with Crippen LogP contribution in [0.5, 0.6) is 0 Å². The van der Waals surface area contributed by atoms with Crippen LogP contribution in [-0.4, -0.2) is 40.5 Å². The van der Waals surface area contributed by atoms with Crippen LogP contribution >= 0.6 is 24.0 Å².